The first-order valence-electron chi connectivity index (χ1n) is 10.0. The van der Waals surface area contributed by atoms with E-state index >= 15 is 0 Å². The fraction of sp³-hybridized carbons (Fsp3) is 0.619. The molecule has 1 aromatic rings. The topological polar surface area (TPSA) is 96.9 Å². The molecule has 154 valence electrons. The largest absolute Gasteiger partial charge is 0.493 e. The van der Waals surface area contributed by atoms with Crippen LogP contribution in [0.1, 0.15) is 44.6 Å². The van der Waals surface area contributed by atoms with Gasteiger partial charge < -0.3 is 25.2 Å². The zero-order chi connectivity index (χ0) is 20.1. The molecule has 3 N–H and O–H groups in total. The summed E-state index contributed by atoms with van der Waals surface area (Å²) in [7, 11) is 1.62. The van der Waals surface area contributed by atoms with Crippen LogP contribution in [0.5, 0.6) is 11.5 Å². The molecule has 0 spiro atoms. The normalized spacial score (nSPS) is 27.9. The maximum absolute atomic E-state index is 12.8. The highest BCUT2D eigenvalue weighted by Gasteiger charge is 2.30. The second-order valence-electron chi connectivity index (χ2n) is 7.83. The number of aliphatic hydroxyl groups excluding tert-OH is 1. The average Bonchev–Trinajstić information content (AvgIpc) is 2.67. The third kappa shape index (κ3) is 5.16. The van der Waals surface area contributed by atoms with Crippen LogP contribution in [0.25, 0.3) is 0 Å². The molecule has 1 aromatic carbocycles. The smallest absolute Gasteiger partial charge is 0.242 e. The summed E-state index contributed by atoms with van der Waals surface area (Å²) >= 11 is 0. The minimum atomic E-state index is -0.580. The van der Waals surface area contributed by atoms with Gasteiger partial charge in [0.2, 0.25) is 11.8 Å². The van der Waals surface area contributed by atoms with Crippen LogP contribution in [-0.2, 0) is 16.0 Å². The van der Waals surface area contributed by atoms with Gasteiger partial charge in [-0.05, 0) is 62.1 Å². The molecule has 0 aromatic heterocycles. The third-order valence-electron chi connectivity index (χ3n) is 5.63. The van der Waals surface area contributed by atoms with Crippen molar-refractivity contribution in [2.24, 2.45) is 5.92 Å². The molecule has 2 amide bonds. The summed E-state index contributed by atoms with van der Waals surface area (Å²) in [6.45, 7) is 1.23. The predicted molar refractivity (Wildman–Crippen MR) is 104 cm³/mol. The lowest BCUT2D eigenvalue weighted by atomic mass is 9.83. The number of carbonyl (C=O) groups excluding carboxylic acids is 2. The van der Waals surface area contributed by atoms with Crippen molar-refractivity contribution in [3.8, 4) is 11.5 Å². The Morgan fingerprint density at radius 3 is 2.71 bits per heavy atom. The first-order valence-corrected chi connectivity index (χ1v) is 10.0. The van der Waals surface area contributed by atoms with Gasteiger partial charge in [0.1, 0.15) is 6.04 Å². The molecule has 0 saturated heterocycles. The average molecular weight is 390 g/mol. The third-order valence-corrected chi connectivity index (χ3v) is 5.63. The summed E-state index contributed by atoms with van der Waals surface area (Å²) in [5.41, 5.74) is 0.942. The molecule has 4 rings (SSSR count). The van der Waals surface area contributed by atoms with Gasteiger partial charge in [0.25, 0.3) is 0 Å². The van der Waals surface area contributed by atoms with E-state index in [1.807, 2.05) is 18.2 Å². The first kappa shape index (κ1) is 20.5. The summed E-state index contributed by atoms with van der Waals surface area (Å²) in [5, 5.41) is 15.4. The number of fused-ring (bicyclic) bond motifs is 7. The van der Waals surface area contributed by atoms with E-state index in [0.29, 0.717) is 30.3 Å². The van der Waals surface area contributed by atoms with Crippen LogP contribution >= 0.6 is 0 Å². The number of hydrogen-bond donors (Lipinski definition) is 3. The number of hydrogen-bond acceptors (Lipinski definition) is 5. The van der Waals surface area contributed by atoms with E-state index in [4.69, 9.17) is 9.47 Å². The minimum Gasteiger partial charge on any atom is -0.493 e. The maximum Gasteiger partial charge on any atom is 0.242 e. The standard InChI is InChI=1S/C21H30N2O5/c1-13(25)22-18-10-14-3-6-17(7-4-14)28-20-11-15(5-8-19(20)27-2)9-16(12-24)23-21(18)26/h5,8,11,14,16-18,24H,3-4,6-7,9-10,12H2,1-2H3,(H,22,25)(H,23,26)/t14?,16-,17?,18-/m0/s1. The molecule has 1 saturated carbocycles. The van der Waals surface area contributed by atoms with Crippen molar-refractivity contribution >= 4 is 11.8 Å². The lowest BCUT2D eigenvalue weighted by Gasteiger charge is -2.32. The Hall–Kier alpha value is -2.28. The number of methoxy groups -OCH3 is 1. The van der Waals surface area contributed by atoms with Crippen LogP contribution in [0.2, 0.25) is 0 Å². The Balaban J connectivity index is 1.88. The molecule has 4 bridgehead atoms. The van der Waals surface area contributed by atoms with Gasteiger partial charge in [-0.2, -0.15) is 0 Å². The zero-order valence-corrected chi connectivity index (χ0v) is 16.6. The Kier molecular flexibility index (Phi) is 6.78. The highest BCUT2D eigenvalue weighted by Crippen LogP contribution is 2.35. The summed E-state index contributed by atoms with van der Waals surface area (Å²) < 4.78 is 11.7. The molecule has 7 nitrogen and oxygen atoms in total. The Morgan fingerprint density at radius 2 is 2.07 bits per heavy atom. The van der Waals surface area contributed by atoms with E-state index in [1.54, 1.807) is 7.11 Å². The van der Waals surface area contributed by atoms with E-state index in [0.717, 1.165) is 31.2 Å². The minimum absolute atomic E-state index is 0.116. The number of amides is 2. The van der Waals surface area contributed by atoms with Crippen LogP contribution in [0.4, 0.5) is 0 Å². The molecule has 2 atom stereocenters. The van der Waals surface area contributed by atoms with Gasteiger partial charge in [-0.3, -0.25) is 9.59 Å². The number of benzene rings is 1. The van der Waals surface area contributed by atoms with E-state index in [-0.39, 0.29) is 24.5 Å². The molecule has 2 aliphatic heterocycles. The van der Waals surface area contributed by atoms with Gasteiger partial charge in [-0.1, -0.05) is 6.07 Å². The molecule has 3 aliphatic rings. The van der Waals surface area contributed by atoms with Crippen molar-refractivity contribution in [3.05, 3.63) is 23.8 Å². The molecular formula is C21H30N2O5. The summed E-state index contributed by atoms with van der Waals surface area (Å²) in [6, 6.07) is 4.68. The van der Waals surface area contributed by atoms with E-state index in [1.165, 1.54) is 6.92 Å². The van der Waals surface area contributed by atoms with Crippen LogP contribution in [0, 0.1) is 5.92 Å². The van der Waals surface area contributed by atoms with Crippen molar-refractivity contribution in [1.29, 1.82) is 0 Å². The number of aliphatic hydroxyl groups is 1. The number of carbonyl (C=O) groups is 2. The molecule has 1 aliphatic carbocycles. The van der Waals surface area contributed by atoms with Crippen molar-refractivity contribution in [1.82, 2.24) is 10.6 Å². The maximum atomic E-state index is 12.8. The molecule has 2 heterocycles. The Labute approximate surface area is 165 Å². The molecular weight excluding hydrogens is 360 g/mol. The predicted octanol–water partition coefficient (Wildman–Crippen LogP) is 1.56. The van der Waals surface area contributed by atoms with Crippen LogP contribution in [0.3, 0.4) is 0 Å². The summed E-state index contributed by atoms with van der Waals surface area (Å²) in [6.07, 6.45) is 4.88. The van der Waals surface area contributed by atoms with Gasteiger partial charge in [0.05, 0.1) is 25.9 Å². The fourth-order valence-electron chi connectivity index (χ4n) is 4.16. The van der Waals surface area contributed by atoms with Gasteiger partial charge in [0.15, 0.2) is 11.5 Å². The molecule has 28 heavy (non-hydrogen) atoms. The van der Waals surface area contributed by atoms with Gasteiger partial charge >= 0.3 is 0 Å². The highest BCUT2D eigenvalue weighted by molar-refractivity contribution is 5.87. The van der Waals surface area contributed by atoms with Gasteiger partial charge in [-0.25, -0.2) is 0 Å². The van der Waals surface area contributed by atoms with Crippen LogP contribution in [0.15, 0.2) is 18.2 Å². The Bertz CT molecular complexity index is 700. The van der Waals surface area contributed by atoms with E-state index < -0.39 is 12.1 Å². The molecule has 7 heteroatoms. The molecule has 1 fully saturated rings. The zero-order valence-electron chi connectivity index (χ0n) is 16.6. The van der Waals surface area contributed by atoms with Crippen LogP contribution in [-0.4, -0.2) is 48.8 Å². The summed E-state index contributed by atoms with van der Waals surface area (Å²) in [4.78, 5) is 24.4. The lowest BCUT2D eigenvalue weighted by Crippen LogP contribution is -2.51. The monoisotopic (exact) mass is 390 g/mol. The number of nitrogens with one attached hydrogen (secondary N) is 2. The number of rotatable bonds is 3. The van der Waals surface area contributed by atoms with Crippen molar-refractivity contribution in [2.45, 2.75) is 63.6 Å². The van der Waals surface area contributed by atoms with Crippen molar-refractivity contribution in [3.63, 3.8) is 0 Å². The second-order valence-corrected chi connectivity index (χ2v) is 7.83. The molecule has 0 unspecified atom stereocenters. The highest BCUT2D eigenvalue weighted by atomic mass is 16.5. The van der Waals surface area contributed by atoms with Crippen molar-refractivity contribution in [2.75, 3.05) is 13.7 Å². The quantitative estimate of drug-likeness (QED) is 0.728. The van der Waals surface area contributed by atoms with E-state index in [2.05, 4.69) is 10.6 Å². The van der Waals surface area contributed by atoms with Crippen molar-refractivity contribution < 1.29 is 24.2 Å². The second kappa shape index (κ2) is 9.28. The van der Waals surface area contributed by atoms with Crippen LogP contribution < -0.4 is 20.1 Å². The lowest BCUT2D eigenvalue weighted by molar-refractivity contribution is -0.129. The SMILES string of the molecule is COc1ccc2cc1OC1CCC(CC1)C[C@H](NC(C)=O)C(=O)N[C@H](CO)C2. The van der Waals surface area contributed by atoms with Gasteiger partial charge in [0, 0.05) is 6.92 Å². The Morgan fingerprint density at radius 1 is 1.32 bits per heavy atom. The number of ether oxygens (including phenoxy) is 2. The molecule has 0 radical (unpaired) electrons. The first-order chi connectivity index (χ1) is 13.5. The van der Waals surface area contributed by atoms with E-state index in [9.17, 15) is 14.7 Å². The summed E-state index contributed by atoms with van der Waals surface area (Å²) in [5.74, 6) is 1.29. The van der Waals surface area contributed by atoms with Gasteiger partial charge in [-0.15, -0.1) is 0 Å². The fourth-order valence-corrected chi connectivity index (χ4v) is 4.16.